The van der Waals surface area contributed by atoms with Crippen LogP contribution < -0.4 is 5.32 Å². The zero-order valence-corrected chi connectivity index (χ0v) is 14.3. The summed E-state index contributed by atoms with van der Waals surface area (Å²) >= 11 is 0. The van der Waals surface area contributed by atoms with Crippen molar-refractivity contribution in [2.45, 2.75) is 73.3 Å². The normalized spacial score (nSPS) is 15.2. The zero-order chi connectivity index (χ0) is 14.7. The Hall–Kier alpha value is -0.0800. The average Bonchev–Trinajstić information content (AvgIpc) is 2.37. The minimum absolute atomic E-state index is 0.692. The topological polar surface area (TPSA) is 15.3 Å². The van der Waals surface area contributed by atoms with Gasteiger partial charge in [0.1, 0.15) is 0 Å². The van der Waals surface area contributed by atoms with Gasteiger partial charge in [0, 0.05) is 6.04 Å². The van der Waals surface area contributed by atoms with E-state index in [0.29, 0.717) is 6.04 Å². The predicted molar refractivity (Wildman–Crippen MR) is 87.7 cm³/mol. The number of unbranched alkanes of at least 4 members (excludes halogenated alkanes) is 2. The number of hydrogen-bond donors (Lipinski definition) is 1. The molecule has 2 nitrogen and oxygen atoms in total. The largest absolute Gasteiger partial charge is 0.316 e. The molecule has 0 bridgehead atoms. The van der Waals surface area contributed by atoms with Crippen LogP contribution in [0.2, 0.25) is 0 Å². The predicted octanol–water partition coefficient (Wildman–Crippen LogP) is 4.16. The Morgan fingerprint density at radius 1 is 0.842 bits per heavy atom. The van der Waals surface area contributed by atoms with Crippen LogP contribution in [0, 0.1) is 11.8 Å². The summed E-state index contributed by atoms with van der Waals surface area (Å²) < 4.78 is 0. The summed E-state index contributed by atoms with van der Waals surface area (Å²) in [5.74, 6) is 1.48. The lowest BCUT2D eigenvalue weighted by Crippen LogP contribution is -2.42. The fourth-order valence-electron chi connectivity index (χ4n) is 2.37. The van der Waals surface area contributed by atoms with Crippen LogP contribution in [-0.4, -0.2) is 37.1 Å². The second-order valence-electron chi connectivity index (χ2n) is 6.51. The first-order valence-electron chi connectivity index (χ1n) is 8.47. The first-order chi connectivity index (χ1) is 9.02. The molecule has 0 fully saturated rings. The van der Waals surface area contributed by atoms with Crippen molar-refractivity contribution in [3.8, 4) is 0 Å². The van der Waals surface area contributed by atoms with Crippen molar-refractivity contribution in [1.29, 1.82) is 0 Å². The molecule has 0 heterocycles. The third-order valence-electron chi connectivity index (χ3n) is 4.02. The van der Waals surface area contributed by atoms with E-state index in [4.69, 9.17) is 0 Å². The highest BCUT2D eigenvalue weighted by Gasteiger charge is 2.19. The van der Waals surface area contributed by atoms with E-state index in [-0.39, 0.29) is 0 Å². The molecule has 0 spiro atoms. The third kappa shape index (κ3) is 9.45. The molecule has 2 unspecified atom stereocenters. The van der Waals surface area contributed by atoms with Gasteiger partial charge in [-0.15, -0.1) is 0 Å². The van der Waals surface area contributed by atoms with E-state index in [1.807, 2.05) is 0 Å². The van der Waals surface area contributed by atoms with Gasteiger partial charge in [-0.05, 0) is 57.8 Å². The summed E-state index contributed by atoms with van der Waals surface area (Å²) in [5, 5.41) is 3.61. The molecule has 2 atom stereocenters. The molecule has 0 amide bonds. The summed E-state index contributed by atoms with van der Waals surface area (Å²) in [6.45, 7) is 18.8. The lowest BCUT2D eigenvalue weighted by molar-refractivity contribution is 0.154. The maximum Gasteiger partial charge on any atom is 0.0105 e. The van der Waals surface area contributed by atoms with Crippen molar-refractivity contribution in [2.24, 2.45) is 11.8 Å². The van der Waals surface area contributed by atoms with Gasteiger partial charge in [0.15, 0.2) is 0 Å². The first-order valence-corrected chi connectivity index (χ1v) is 8.47. The second kappa shape index (κ2) is 11.7. The van der Waals surface area contributed by atoms with Crippen LogP contribution in [0.25, 0.3) is 0 Å². The Balaban J connectivity index is 4.13. The smallest absolute Gasteiger partial charge is 0.0105 e. The fourth-order valence-corrected chi connectivity index (χ4v) is 2.37. The van der Waals surface area contributed by atoms with Crippen LogP contribution in [-0.2, 0) is 0 Å². The summed E-state index contributed by atoms with van der Waals surface area (Å²) in [6.07, 6.45) is 5.27. The Bertz CT molecular complexity index is 184. The molecular formula is C17H38N2. The van der Waals surface area contributed by atoms with Gasteiger partial charge in [0.2, 0.25) is 0 Å². The van der Waals surface area contributed by atoms with E-state index in [9.17, 15) is 0 Å². The van der Waals surface area contributed by atoms with E-state index in [2.05, 4.69) is 51.8 Å². The van der Waals surface area contributed by atoms with Gasteiger partial charge >= 0.3 is 0 Å². The summed E-state index contributed by atoms with van der Waals surface area (Å²) in [6, 6.07) is 0.692. The van der Waals surface area contributed by atoms with Crippen LogP contribution in [0.1, 0.15) is 67.2 Å². The van der Waals surface area contributed by atoms with Crippen LogP contribution in [0.15, 0.2) is 0 Å². The maximum atomic E-state index is 3.61. The second-order valence-corrected chi connectivity index (χ2v) is 6.51. The summed E-state index contributed by atoms with van der Waals surface area (Å²) in [4.78, 5) is 2.70. The Morgan fingerprint density at radius 3 is 1.79 bits per heavy atom. The highest BCUT2D eigenvalue weighted by atomic mass is 15.2. The van der Waals surface area contributed by atoms with Crippen molar-refractivity contribution in [3.05, 3.63) is 0 Å². The number of nitrogens with zero attached hydrogens (tertiary/aromatic N) is 1. The highest BCUT2D eigenvalue weighted by molar-refractivity contribution is 4.75. The van der Waals surface area contributed by atoms with E-state index in [1.54, 1.807) is 0 Å². The number of nitrogens with one attached hydrogen (secondary N) is 1. The fraction of sp³-hybridized carbons (Fsp3) is 1.00. The Kier molecular flexibility index (Phi) is 11.7. The van der Waals surface area contributed by atoms with Crippen LogP contribution in [0.4, 0.5) is 0 Å². The van der Waals surface area contributed by atoms with E-state index >= 15 is 0 Å². The molecule has 19 heavy (non-hydrogen) atoms. The molecule has 0 aromatic heterocycles. The van der Waals surface area contributed by atoms with Crippen molar-refractivity contribution < 1.29 is 0 Å². The summed E-state index contributed by atoms with van der Waals surface area (Å²) in [7, 11) is 0. The molecule has 0 saturated heterocycles. The molecule has 0 aliphatic heterocycles. The lowest BCUT2D eigenvalue weighted by atomic mass is 10.0. The Labute approximate surface area is 122 Å². The van der Waals surface area contributed by atoms with Crippen molar-refractivity contribution in [1.82, 2.24) is 10.2 Å². The molecule has 0 saturated carbocycles. The number of hydrogen-bond acceptors (Lipinski definition) is 2. The van der Waals surface area contributed by atoms with Gasteiger partial charge in [-0.25, -0.2) is 0 Å². The van der Waals surface area contributed by atoms with E-state index < -0.39 is 0 Å². The zero-order valence-electron chi connectivity index (χ0n) is 14.3. The summed E-state index contributed by atoms with van der Waals surface area (Å²) in [5.41, 5.74) is 0. The molecular weight excluding hydrogens is 232 g/mol. The van der Waals surface area contributed by atoms with Crippen LogP contribution >= 0.6 is 0 Å². The molecule has 1 N–H and O–H groups in total. The minimum Gasteiger partial charge on any atom is -0.316 e. The standard InChI is InChI=1S/C17H38N2/c1-7-9-11-19(12-10-8-2)17(6)16(5)14-18-13-15(3)4/h15-18H,7-14H2,1-6H3. The van der Waals surface area contributed by atoms with Gasteiger partial charge in [0.25, 0.3) is 0 Å². The SMILES string of the molecule is CCCCN(CCCC)C(C)C(C)CNCC(C)C. The van der Waals surface area contributed by atoms with Gasteiger partial charge < -0.3 is 10.2 Å². The lowest BCUT2D eigenvalue weighted by Gasteiger charge is -2.33. The molecule has 0 rings (SSSR count). The molecule has 0 aromatic rings. The van der Waals surface area contributed by atoms with Crippen molar-refractivity contribution in [3.63, 3.8) is 0 Å². The average molecular weight is 271 g/mol. The van der Waals surface area contributed by atoms with Crippen molar-refractivity contribution in [2.75, 3.05) is 26.2 Å². The van der Waals surface area contributed by atoms with Gasteiger partial charge in [-0.3, -0.25) is 0 Å². The molecule has 2 heteroatoms. The van der Waals surface area contributed by atoms with Crippen LogP contribution in [0.5, 0.6) is 0 Å². The van der Waals surface area contributed by atoms with E-state index in [0.717, 1.165) is 24.9 Å². The third-order valence-corrected chi connectivity index (χ3v) is 4.02. The first kappa shape index (κ1) is 18.9. The van der Waals surface area contributed by atoms with Gasteiger partial charge in [-0.1, -0.05) is 47.5 Å². The van der Waals surface area contributed by atoms with Crippen molar-refractivity contribution >= 4 is 0 Å². The Morgan fingerprint density at radius 2 is 1.37 bits per heavy atom. The minimum atomic E-state index is 0.692. The molecule has 0 radical (unpaired) electrons. The van der Waals surface area contributed by atoms with Gasteiger partial charge in [0.05, 0.1) is 0 Å². The highest BCUT2D eigenvalue weighted by Crippen LogP contribution is 2.13. The molecule has 116 valence electrons. The van der Waals surface area contributed by atoms with Gasteiger partial charge in [-0.2, -0.15) is 0 Å². The molecule has 0 aliphatic carbocycles. The maximum absolute atomic E-state index is 3.61. The number of rotatable bonds is 12. The quantitative estimate of drug-likeness (QED) is 0.573. The van der Waals surface area contributed by atoms with Crippen LogP contribution in [0.3, 0.4) is 0 Å². The molecule has 0 aromatic carbocycles. The van der Waals surface area contributed by atoms with E-state index in [1.165, 1.54) is 38.8 Å². The molecule has 0 aliphatic rings. The monoisotopic (exact) mass is 270 g/mol.